The van der Waals surface area contributed by atoms with Crippen LogP contribution in [0.3, 0.4) is 0 Å². The van der Waals surface area contributed by atoms with E-state index in [1.807, 2.05) is 6.92 Å². The van der Waals surface area contributed by atoms with Crippen LogP contribution in [0.4, 0.5) is 0 Å². The van der Waals surface area contributed by atoms with Gasteiger partial charge in [0.25, 0.3) is 0 Å². The highest BCUT2D eigenvalue weighted by Gasteiger charge is 2.39. The molecule has 0 saturated carbocycles. The van der Waals surface area contributed by atoms with Crippen molar-refractivity contribution in [1.82, 2.24) is 14.5 Å². The number of hydrogen-bond donors (Lipinski definition) is 2. The molecule has 3 atom stereocenters. The molecule has 2 saturated heterocycles. The van der Waals surface area contributed by atoms with Gasteiger partial charge in [-0.1, -0.05) is 17.7 Å². The summed E-state index contributed by atoms with van der Waals surface area (Å²) in [6, 6.07) is 6.03. The van der Waals surface area contributed by atoms with E-state index in [2.05, 4.69) is 21.6 Å². The molecule has 2 aliphatic rings. The highest BCUT2D eigenvalue weighted by Crippen LogP contribution is 2.19. The van der Waals surface area contributed by atoms with E-state index < -0.39 is 22.2 Å². The van der Waals surface area contributed by atoms with E-state index in [1.54, 1.807) is 24.3 Å². The minimum atomic E-state index is -3.67. The lowest BCUT2D eigenvalue weighted by molar-refractivity contribution is 0.00636. The highest BCUT2D eigenvalue weighted by atomic mass is 32.2. The van der Waals surface area contributed by atoms with E-state index in [0.717, 1.165) is 31.7 Å². The number of nitrogens with zero attached hydrogens (tertiary/aromatic N) is 2. The molecule has 0 radical (unpaired) electrons. The molecule has 2 N–H and O–H groups in total. The zero-order valence-corrected chi connectivity index (χ0v) is 15.6. The first kappa shape index (κ1) is 18.8. The smallest absolute Gasteiger partial charge is 0.240 e. The van der Waals surface area contributed by atoms with Gasteiger partial charge in [-0.2, -0.15) is 0 Å². The van der Waals surface area contributed by atoms with Crippen molar-refractivity contribution >= 4 is 10.0 Å². The van der Waals surface area contributed by atoms with Gasteiger partial charge in [0, 0.05) is 32.7 Å². The number of benzene rings is 1. The van der Waals surface area contributed by atoms with Gasteiger partial charge in [-0.15, -0.1) is 0 Å². The molecule has 25 heavy (non-hydrogen) atoms. The number of nitrogens with one attached hydrogen (secondary N) is 1. The Balaban J connectivity index is 1.58. The van der Waals surface area contributed by atoms with Crippen LogP contribution in [0.5, 0.6) is 0 Å². The van der Waals surface area contributed by atoms with Gasteiger partial charge in [0.05, 0.1) is 29.8 Å². The van der Waals surface area contributed by atoms with E-state index in [0.29, 0.717) is 6.54 Å². The second kappa shape index (κ2) is 7.69. The third-order valence-corrected chi connectivity index (χ3v) is 6.46. The highest BCUT2D eigenvalue weighted by molar-refractivity contribution is 7.89. The Morgan fingerprint density at radius 3 is 2.48 bits per heavy atom. The lowest BCUT2D eigenvalue weighted by Gasteiger charge is -2.34. The normalized spacial score (nSPS) is 29.2. The summed E-state index contributed by atoms with van der Waals surface area (Å²) in [6.07, 6.45) is -1.21. The number of aliphatic hydroxyl groups excluding tert-OH is 1. The molecule has 2 aliphatic heterocycles. The summed E-state index contributed by atoms with van der Waals surface area (Å²) < 4.78 is 33.2. The molecular weight excluding hydrogens is 342 g/mol. The fraction of sp³-hybridized carbons (Fsp3) is 0.647. The van der Waals surface area contributed by atoms with Crippen molar-refractivity contribution in [2.24, 2.45) is 0 Å². The van der Waals surface area contributed by atoms with Crippen molar-refractivity contribution in [1.29, 1.82) is 0 Å². The first-order chi connectivity index (χ1) is 11.8. The maximum absolute atomic E-state index is 12.5. The predicted octanol–water partition coefficient (Wildman–Crippen LogP) is -0.351. The molecule has 8 heteroatoms. The molecular formula is C17H27N3O4S. The lowest BCUT2D eigenvalue weighted by atomic mass is 10.1. The Morgan fingerprint density at radius 2 is 1.84 bits per heavy atom. The van der Waals surface area contributed by atoms with Crippen molar-refractivity contribution in [2.75, 3.05) is 46.4 Å². The Morgan fingerprint density at radius 1 is 1.20 bits per heavy atom. The molecule has 0 aliphatic carbocycles. The maximum atomic E-state index is 12.5. The van der Waals surface area contributed by atoms with E-state index in [1.165, 1.54) is 0 Å². The third-order valence-electron chi connectivity index (χ3n) is 4.95. The summed E-state index contributed by atoms with van der Waals surface area (Å²) >= 11 is 0. The summed E-state index contributed by atoms with van der Waals surface area (Å²) in [4.78, 5) is 4.72. The number of ether oxygens (including phenoxy) is 1. The summed E-state index contributed by atoms with van der Waals surface area (Å²) in [5.74, 6) is 0. The van der Waals surface area contributed by atoms with Gasteiger partial charge in [-0.05, 0) is 26.1 Å². The minimum absolute atomic E-state index is 0.185. The van der Waals surface area contributed by atoms with E-state index in [9.17, 15) is 13.5 Å². The lowest BCUT2D eigenvalue weighted by Crippen LogP contribution is -2.50. The predicted molar refractivity (Wildman–Crippen MR) is 95.0 cm³/mol. The number of piperazine rings is 1. The number of rotatable bonds is 5. The van der Waals surface area contributed by atoms with Gasteiger partial charge in [0.1, 0.15) is 0 Å². The third kappa shape index (κ3) is 4.58. The second-order valence-electron chi connectivity index (χ2n) is 7.01. The molecule has 7 nitrogen and oxygen atoms in total. The number of aryl methyl sites for hydroxylation is 1. The molecule has 0 spiro atoms. The Hall–Kier alpha value is -1.03. The Labute approximate surface area is 149 Å². The zero-order valence-electron chi connectivity index (χ0n) is 14.8. The second-order valence-corrected chi connectivity index (χ2v) is 8.72. The Kier molecular flexibility index (Phi) is 5.77. The molecule has 140 valence electrons. The van der Waals surface area contributed by atoms with Crippen LogP contribution >= 0.6 is 0 Å². The van der Waals surface area contributed by atoms with Crippen LogP contribution in [0, 0.1) is 6.92 Å². The molecule has 1 aromatic carbocycles. The summed E-state index contributed by atoms with van der Waals surface area (Å²) in [6.45, 7) is 6.56. The number of hydrogen-bond acceptors (Lipinski definition) is 6. The average Bonchev–Trinajstić information content (AvgIpc) is 2.90. The van der Waals surface area contributed by atoms with Gasteiger partial charge in [0.2, 0.25) is 10.0 Å². The molecule has 0 unspecified atom stereocenters. The molecule has 2 fully saturated rings. The zero-order chi connectivity index (χ0) is 18.0. The van der Waals surface area contributed by atoms with Crippen LogP contribution in [0.1, 0.15) is 5.56 Å². The number of sulfonamides is 1. The molecule has 0 bridgehead atoms. The minimum Gasteiger partial charge on any atom is -0.389 e. The number of aliphatic hydroxyl groups is 1. The number of likely N-dealkylation sites (N-methyl/N-ethyl adjacent to an activating group) is 1. The first-order valence-electron chi connectivity index (χ1n) is 8.65. The van der Waals surface area contributed by atoms with E-state index >= 15 is 0 Å². The summed E-state index contributed by atoms with van der Waals surface area (Å²) in [5, 5.41) is 10.5. The topological polar surface area (TPSA) is 82.1 Å². The van der Waals surface area contributed by atoms with Crippen molar-refractivity contribution in [3.63, 3.8) is 0 Å². The van der Waals surface area contributed by atoms with Gasteiger partial charge < -0.3 is 14.7 Å². The standard InChI is InChI=1S/C17H27N3O4S/c1-13-3-5-14(6-4-13)25(22,23)18-15-12-24-16(17(15)21)11-20-9-7-19(2)8-10-20/h3-6,15-18,21H,7-12H2,1-2H3/t15-,16-,17+/m0/s1. The molecule has 3 rings (SSSR count). The van der Waals surface area contributed by atoms with Crippen LogP contribution in [0.2, 0.25) is 0 Å². The SMILES string of the molecule is Cc1ccc(S(=O)(=O)N[C@H]2CO[C@@H](CN3CCN(C)CC3)[C@@H]2O)cc1. The van der Waals surface area contributed by atoms with Gasteiger partial charge >= 0.3 is 0 Å². The summed E-state index contributed by atoms with van der Waals surface area (Å²) in [7, 11) is -1.58. The van der Waals surface area contributed by atoms with Gasteiger partial charge in [-0.25, -0.2) is 13.1 Å². The molecule has 2 heterocycles. The maximum Gasteiger partial charge on any atom is 0.240 e. The fourth-order valence-electron chi connectivity index (χ4n) is 3.22. The van der Waals surface area contributed by atoms with Crippen LogP contribution < -0.4 is 4.72 Å². The quantitative estimate of drug-likeness (QED) is 0.738. The fourth-order valence-corrected chi connectivity index (χ4v) is 4.45. The average molecular weight is 369 g/mol. The molecule has 1 aromatic rings. The van der Waals surface area contributed by atoms with E-state index in [4.69, 9.17) is 4.74 Å². The first-order valence-corrected chi connectivity index (χ1v) is 10.1. The molecule has 0 aromatic heterocycles. The van der Waals surface area contributed by atoms with Gasteiger partial charge in [-0.3, -0.25) is 4.90 Å². The largest absolute Gasteiger partial charge is 0.389 e. The van der Waals surface area contributed by atoms with Crippen molar-refractivity contribution in [3.05, 3.63) is 29.8 Å². The van der Waals surface area contributed by atoms with E-state index in [-0.39, 0.29) is 17.6 Å². The van der Waals surface area contributed by atoms with Crippen molar-refractivity contribution < 1.29 is 18.3 Å². The van der Waals surface area contributed by atoms with Crippen molar-refractivity contribution in [2.45, 2.75) is 30.1 Å². The van der Waals surface area contributed by atoms with Crippen LogP contribution in [0.25, 0.3) is 0 Å². The van der Waals surface area contributed by atoms with Gasteiger partial charge in [0.15, 0.2) is 0 Å². The molecule has 0 amide bonds. The Bertz CT molecular complexity index is 672. The summed E-state index contributed by atoms with van der Waals surface area (Å²) in [5.41, 5.74) is 0.996. The van der Waals surface area contributed by atoms with Crippen LogP contribution in [0.15, 0.2) is 29.2 Å². The van der Waals surface area contributed by atoms with Crippen LogP contribution in [-0.2, 0) is 14.8 Å². The van der Waals surface area contributed by atoms with Crippen molar-refractivity contribution in [3.8, 4) is 0 Å². The monoisotopic (exact) mass is 369 g/mol. The van der Waals surface area contributed by atoms with Crippen LogP contribution in [-0.4, -0.2) is 88.0 Å².